The summed E-state index contributed by atoms with van der Waals surface area (Å²) in [5.74, 6) is -0.595. The zero-order valence-electron chi connectivity index (χ0n) is 17.5. The molecule has 8 nitrogen and oxygen atoms in total. The van der Waals surface area contributed by atoms with Crippen LogP contribution in [0.1, 0.15) is 51.1 Å². The number of aromatic nitrogens is 4. The monoisotopic (exact) mass is 419 g/mol. The largest absolute Gasteiger partial charge is 0.461 e. The van der Waals surface area contributed by atoms with Crippen molar-refractivity contribution in [3.05, 3.63) is 77.1 Å². The molecule has 0 aromatic carbocycles. The highest BCUT2D eigenvalue weighted by Crippen LogP contribution is 2.25. The van der Waals surface area contributed by atoms with E-state index in [0.29, 0.717) is 37.4 Å². The van der Waals surface area contributed by atoms with Crippen LogP contribution in [0.25, 0.3) is 0 Å². The number of pyridine rings is 2. The molecule has 4 heterocycles. The zero-order valence-corrected chi connectivity index (χ0v) is 17.5. The first-order valence-electron chi connectivity index (χ1n) is 10.5. The Morgan fingerprint density at radius 2 is 2.06 bits per heavy atom. The Bertz CT molecular complexity index is 1050. The molecule has 0 saturated carbocycles. The summed E-state index contributed by atoms with van der Waals surface area (Å²) >= 11 is 0. The van der Waals surface area contributed by atoms with Gasteiger partial charge in [-0.25, -0.2) is 4.79 Å². The van der Waals surface area contributed by atoms with E-state index in [4.69, 9.17) is 4.74 Å². The highest BCUT2D eigenvalue weighted by atomic mass is 16.5. The molecule has 0 N–H and O–H groups in total. The van der Waals surface area contributed by atoms with E-state index < -0.39 is 5.97 Å². The second-order valence-electron chi connectivity index (χ2n) is 7.37. The second-order valence-corrected chi connectivity index (χ2v) is 7.37. The molecule has 0 unspecified atom stereocenters. The van der Waals surface area contributed by atoms with Gasteiger partial charge in [-0.15, -0.1) is 0 Å². The van der Waals surface area contributed by atoms with Crippen molar-refractivity contribution in [2.24, 2.45) is 0 Å². The van der Waals surface area contributed by atoms with Gasteiger partial charge in [-0.3, -0.25) is 19.4 Å². The maximum atomic E-state index is 12.9. The fraction of sp³-hybridized carbons (Fsp3) is 0.348. The number of carbonyl (C=O) groups is 2. The minimum atomic E-state index is -0.447. The van der Waals surface area contributed by atoms with Crippen LogP contribution in [-0.2, 0) is 30.7 Å². The molecule has 1 aliphatic rings. The van der Waals surface area contributed by atoms with Crippen molar-refractivity contribution in [1.29, 1.82) is 0 Å². The van der Waals surface area contributed by atoms with Gasteiger partial charge in [0.25, 0.3) is 5.91 Å². The first-order chi connectivity index (χ1) is 15.2. The van der Waals surface area contributed by atoms with Crippen molar-refractivity contribution in [1.82, 2.24) is 24.6 Å². The molecule has 0 radical (unpaired) electrons. The van der Waals surface area contributed by atoms with Crippen molar-refractivity contribution < 1.29 is 14.3 Å². The normalized spacial score (nSPS) is 13.0. The maximum absolute atomic E-state index is 12.9. The third-order valence-corrected chi connectivity index (χ3v) is 5.33. The lowest BCUT2D eigenvalue weighted by Gasteiger charge is -2.27. The van der Waals surface area contributed by atoms with Gasteiger partial charge < -0.3 is 9.64 Å². The fourth-order valence-electron chi connectivity index (χ4n) is 3.84. The summed E-state index contributed by atoms with van der Waals surface area (Å²) in [6.07, 6.45) is 7.61. The average molecular weight is 419 g/mol. The van der Waals surface area contributed by atoms with Crippen LogP contribution in [0.2, 0.25) is 0 Å². The molecule has 1 aliphatic heterocycles. The molecule has 4 rings (SSSR count). The Balaban J connectivity index is 1.54. The van der Waals surface area contributed by atoms with Gasteiger partial charge in [0.1, 0.15) is 5.69 Å². The zero-order chi connectivity index (χ0) is 21.6. The van der Waals surface area contributed by atoms with Crippen LogP contribution in [0.3, 0.4) is 0 Å². The number of aryl methyl sites for hydroxylation is 2. The topological polar surface area (TPSA) is 90.2 Å². The Morgan fingerprint density at radius 1 is 1.16 bits per heavy atom. The quantitative estimate of drug-likeness (QED) is 0.547. The second kappa shape index (κ2) is 9.51. The van der Waals surface area contributed by atoms with E-state index >= 15 is 0 Å². The van der Waals surface area contributed by atoms with E-state index in [9.17, 15) is 9.59 Å². The van der Waals surface area contributed by atoms with Crippen molar-refractivity contribution >= 4 is 11.9 Å². The summed E-state index contributed by atoms with van der Waals surface area (Å²) < 4.78 is 7.13. The summed E-state index contributed by atoms with van der Waals surface area (Å²) in [4.78, 5) is 35.4. The lowest BCUT2D eigenvalue weighted by molar-refractivity contribution is 0.0513. The van der Waals surface area contributed by atoms with E-state index in [2.05, 4.69) is 21.1 Å². The standard InChI is InChI=1S/C23H25N5O3/c1-2-31-23(30)21-18-16-27(22(29)19-9-3-4-12-25-19)14-10-20(18)28(26-21)13-6-8-17-7-5-11-24-15-17/h3-5,7,9,11-12,15H,2,6,8,10,13-14,16H2,1H3. The number of carbonyl (C=O) groups excluding carboxylic acids is 2. The molecule has 31 heavy (non-hydrogen) atoms. The van der Waals surface area contributed by atoms with E-state index in [1.165, 1.54) is 5.56 Å². The third kappa shape index (κ3) is 4.63. The van der Waals surface area contributed by atoms with Crippen LogP contribution < -0.4 is 0 Å². The summed E-state index contributed by atoms with van der Waals surface area (Å²) in [6, 6.07) is 9.25. The minimum absolute atomic E-state index is 0.148. The van der Waals surface area contributed by atoms with Crippen molar-refractivity contribution in [2.45, 2.75) is 39.3 Å². The SMILES string of the molecule is CCOC(=O)c1nn(CCCc2cccnc2)c2c1CN(C(=O)c1ccccn1)CC2. The van der Waals surface area contributed by atoms with Crippen LogP contribution in [0.4, 0.5) is 0 Å². The van der Waals surface area contributed by atoms with Crippen LogP contribution in [-0.4, -0.2) is 49.7 Å². The van der Waals surface area contributed by atoms with Crippen LogP contribution in [0, 0.1) is 0 Å². The van der Waals surface area contributed by atoms with Crippen LogP contribution in [0.15, 0.2) is 48.9 Å². The number of hydrogen-bond donors (Lipinski definition) is 0. The summed E-state index contributed by atoms with van der Waals surface area (Å²) in [7, 11) is 0. The lowest BCUT2D eigenvalue weighted by atomic mass is 10.0. The highest BCUT2D eigenvalue weighted by Gasteiger charge is 2.31. The van der Waals surface area contributed by atoms with Crippen molar-refractivity contribution in [3.63, 3.8) is 0 Å². The number of rotatable bonds is 7. The Morgan fingerprint density at radius 3 is 2.81 bits per heavy atom. The molecule has 0 spiro atoms. The number of ether oxygens (including phenoxy) is 1. The number of hydrogen-bond acceptors (Lipinski definition) is 6. The molecule has 3 aromatic rings. The molecule has 160 valence electrons. The van der Waals surface area contributed by atoms with E-state index in [0.717, 1.165) is 24.1 Å². The van der Waals surface area contributed by atoms with E-state index in [1.54, 1.807) is 42.4 Å². The smallest absolute Gasteiger partial charge is 0.359 e. The minimum Gasteiger partial charge on any atom is -0.461 e. The molecular formula is C23H25N5O3. The predicted molar refractivity (Wildman–Crippen MR) is 113 cm³/mol. The van der Waals surface area contributed by atoms with Gasteiger partial charge >= 0.3 is 5.97 Å². The van der Waals surface area contributed by atoms with Gasteiger partial charge in [0.15, 0.2) is 5.69 Å². The Hall–Kier alpha value is -3.55. The number of fused-ring (bicyclic) bond motifs is 1. The van der Waals surface area contributed by atoms with Crippen molar-refractivity contribution in [2.75, 3.05) is 13.2 Å². The predicted octanol–water partition coefficient (Wildman–Crippen LogP) is 2.68. The Labute approximate surface area is 180 Å². The number of nitrogens with zero attached hydrogens (tertiary/aromatic N) is 5. The van der Waals surface area contributed by atoms with Gasteiger partial charge in [-0.05, 0) is 43.5 Å². The summed E-state index contributed by atoms with van der Waals surface area (Å²) in [5, 5.41) is 4.58. The lowest BCUT2D eigenvalue weighted by Crippen LogP contribution is -2.37. The molecule has 0 aliphatic carbocycles. The molecular weight excluding hydrogens is 394 g/mol. The molecule has 0 fully saturated rings. The fourth-order valence-corrected chi connectivity index (χ4v) is 3.84. The highest BCUT2D eigenvalue weighted by molar-refractivity contribution is 5.93. The number of esters is 1. The van der Waals surface area contributed by atoms with Gasteiger partial charge in [-0.1, -0.05) is 12.1 Å². The molecule has 0 bridgehead atoms. The first kappa shape index (κ1) is 20.7. The van der Waals surface area contributed by atoms with E-state index in [-0.39, 0.29) is 12.5 Å². The van der Waals surface area contributed by atoms with Crippen LogP contribution in [0.5, 0.6) is 0 Å². The summed E-state index contributed by atoms with van der Waals surface area (Å²) in [5.41, 5.74) is 3.64. The van der Waals surface area contributed by atoms with Gasteiger partial charge in [0, 0.05) is 49.4 Å². The van der Waals surface area contributed by atoms with E-state index in [1.807, 2.05) is 16.9 Å². The van der Waals surface area contributed by atoms with Gasteiger partial charge in [0.05, 0.1) is 13.2 Å². The average Bonchev–Trinajstić information content (AvgIpc) is 3.18. The first-order valence-corrected chi connectivity index (χ1v) is 10.5. The van der Waals surface area contributed by atoms with Gasteiger partial charge in [-0.2, -0.15) is 5.10 Å². The maximum Gasteiger partial charge on any atom is 0.359 e. The summed E-state index contributed by atoms with van der Waals surface area (Å²) in [6.45, 7) is 3.61. The van der Waals surface area contributed by atoms with Crippen LogP contribution >= 0.6 is 0 Å². The number of amides is 1. The molecule has 3 aromatic heterocycles. The third-order valence-electron chi connectivity index (χ3n) is 5.33. The molecule has 0 saturated heterocycles. The molecule has 1 amide bonds. The molecule has 0 atom stereocenters. The van der Waals surface area contributed by atoms with Crippen molar-refractivity contribution in [3.8, 4) is 0 Å². The molecule has 8 heteroatoms. The van der Waals surface area contributed by atoms with Gasteiger partial charge in [0.2, 0.25) is 0 Å². The Kier molecular flexibility index (Phi) is 6.35.